The van der Waals surface area contributed by atoms with Crippen LogP contribution in [0.2, 0.25) is 0 Å². The van der Waals surface area contributed by atoms with Crippen LogP contribution in [-0.2, 0) is 12.8 Å². The van der Waals surface area contributed by atoms with Gasteiger partial charge in [0.15, 0.2) is 34.9 Å². The average molecular weight is 543 g/mol. The van der Waals surface area contributed by atoms with E-state index in [1.165, 1.54) is 30.7 Å². The van der Waals surface area contributed by atoms with Crippen molar-refractivity contribution in [3.05, 3.63) is 87.5 Å². The van der Waals surface area contributed by atoms with Gasteiger partial charge in [-0.05, 0) is 66.4 Å². The van der Waals surface area contributed by atoms with Crippen LogP contribution in [0.15, 0.2) is 30.3 Å². The molecule has 1 atom stereocenters. The van der Waals surface area contributed by atoms with Gasteiger partial charge in [0.05, 0.1) is 0 Å². The minimum absolute atomic E-state index is 0.0390. The van der Waals surface area contributed by atoms with Gasteiger partial charge in [-0.3, -0.25) is 0 Å². The van der Waals surface area contributed by atoms with Crippen LogP contribution in [0.5, 0.6) is 0 Å². The van der Waals surface area contributed by atoms with Gasteiger partial charge in [0.25, 0.3) is 0 Å². The fraction of sp³-hybridized carbons (Fsp3) is 0.394. The quantitative estimate of drug-likeness (QED) is 0.153. The van der Waals surface area contributed by atoms with Crippen molar-refractivity contribution < 1.29 is 26.3 Å². The van der Waals surface area contributed by atoms with E-state index in [9.17, 15) is 8.78 Å². The number of fused-ring (bicyclic) bond motifs is 3. The molecule has 2 aliphatic rings. The standard InChI is InChI=1S/C33H32F6/c1-3-5-6-8-18-9-11-19(12-10-18)23-13-14-24(30(36)29(23)35)25-17-22-16-21-15-20(7-4-2)28(34)32(38)26(21)27(22)33(39)31(25)37/h11,13-15,17-18H,3-10,12,16H2,1-2H3. The first kappa shape index (κ1) is 27.5. The van der Waals surface area contributed by atoms with Crippen molar-refractivity contribution >= 4 is 5.57 Å². The Hall–Kier alpha value is -3.02. The van der Waals surface area contributed by atoms with Crippen LogP contribution in [0.25, 0.3) is 27.8 Å². The number of rotatable bonds is 8. The van der Waals surface area contributed by atoms with E-state index < -0.39 is 46.0 Å². The second kappa shape index (κ2) is 11.2. The smallest absolute Gasteiger partial charge is 0.167 e. The third-order valence-corrected chi connectivity index (χ3v) is 8.26. The number of benzene rings is 3. The van der Waals surface area contributed by atoms with Crippen LogP contribution in [-0.4, -0.2) is 0 Å². The van der Waals surface area contributed by atoms with Crippen LogP contribution in [0.3, 0.4) is 0 Å². The van der Waals surface area contributed by atoms with E-state index in [0.717, 1.165) is 37.7 Å². The van der Waals surface area contributed by atoms with Crippen molar-refractivity contribution in [2.75, 3.05) is 0 Å². The lowest BCUT2D eigenvalue weighted by molar-refractivity contribution is 0.427. The molecule has 206 valence electrons. The Morgan fingerprint density at radius 2 is 1.33 bits per heavy atom. The van der Waals surface area contributed by atoms with E-state index in [-0.39, 0.29) is 34.2 Å². The number of unbranched alkanes of at least 4 members (excludes halogenated alkanes) is 2. The molecule has 3 aromatic rings. The Labute approximate surface area is 225 Å². The summed E-state index contributed by atoms with van der Waals surface area (Å²) in [5, 5.41) is 0. The summed E-state index contributed by atoms with van der Waals surface area (Å²) >= 11 is 0. The van der Waals surface area contributed by atoms with Gasteiger partial charge in [0.2, 0.25) is 0 Å². The maximum absolute atomic E-state index is 15.4. The van der Waals surface area contributed by atoms with Crippen molar-refractivity contribution in [2.24, 2.45) is 5.92 Å². The highest BCUT2D eigenvalue weighted by Crippen LogP contribution is 2.45. The zero-order valence-corrected chi connectivity index (χ0v) is 22.3. The predicted molar refractivity (Wildman–Crippen MR) is 143 cm³/mol. The van der Waals surface area contributed by atoms with Gasteiger partial charge in [-0.2, -0.15) is 0 Å². The molecule has 2 aliphatic carbocycles. The molecule has 0 aliphatic heterocycles. The van der Waals surface area contributed by atoms with E-state index in [1.807, 2.05) is 13.0 Å². The van der Waals surface area contributed by atoms with Gasteiger partial charge in [-0.25, -0.2) is 26.3 Å². The van der Waals surface area contributed by atoms with Crippen LogP contribution < -0.4 is 0 Å². The minimum Gasteiger partial charge on any atom is -0.203 e. The zero-order chi connectivity index (χ0) is 27.8. The SMILES string of the molecule is CCCCCC1CC=C(c2ccc(-c3cc4c(c(F)c3F)-c3c(cc(CCC)c(F)c3F)C4)c(F)c2F)CC1. The molecule has 5 rings (SSSR count). The summed E-state index contributed by atoms with van der Waals surface area (Å²) in [5.41, 5.74) is 0.0915. The summed E-state index contributed by atoms with van der Waals surface area (Å²) in [6.07, 6.45) is 9.87. The molecule has 0 spiro atoms. The molecular formula is C33H32F6. The van der Waals surface area contributed by atoms with Gasteiger partial charge < -0.3 is 0 Å². The largest absolute Gasteiger partial charge is 0.203 e. The Bertz CT molecular complexity index is 1450. The Kier molecular flexibility index (Phi) is 7.93. The summed E-state index contributed by atoms with van der Waals surface area (Å²) in [4.78, 5) is 0. The number of hydrogen-bond acceptors (Lipinski definition) is 0. The van der Waals surface area contributed by atoms with Crippen LogP contribution >= 0.6 is 0 Å². The lowest BCUT2D eigenvalue weighted by Gasteiger charge is -2.22. The summed E-state index contributed by atoms with van der Waals surface area (Å²) < 4.78 is 90.9. The third kappa shape index (κ3) is 4.92. The Morgan fingerprint density at radius 3 is 2.00 bits per heavy atom. The maximum atomic E-state index is 15.4. The normalized spacial score (nSPS) is 16.3. The molecule has 0 saturated heterocycles. The molecule has 1 unspecified atom stereocenters. The fourth-order valence-electron chi connectivity index (χ4n) is 6.17. The van der Waals surface area contributed by atoms with Gasteiger partial charge in [-0.1, -0.05) is 70.2 Å². The zero-order valence-electron chi connectivity index (χ0n) is 22.3. The number of halogens is 6. The Morgan fingerprint density at radius 1 is 0.692 bits per heavy atom. The molecule has 0 amide bonds. The van der Waals surface area contributed by atoms with Gasteiger partial charge in [0.1, 0.15) is 0 Å². The Balaban J connectivity index is 1.48. The first-order valence-electron chi connectivity index (χ1n) is 13.9. The number of allylic oxidation sites excluding steroid dienone is 2. The van der Waals surface area contributed by atoms with Crippen LogP contribution in [0.4, 0.5) is 26.3 Å². The highest BCUT2D eigenvalue weighted by molar-refractivity contribution is 5.82. The lowest BCUT2D eigenvalue weighted by Crippen LogP contribution is -2.07. The monoisotopic (exact) mass is 542 g/mol. The molecule has 39 heavy (non-hydrogen) atoms. The lowest BCUT2D eigenvalue weighted by atomic mass is 9.83. The second-order valence-electron chi connectivity index (χ2n) is 10.9. The highest BCUT2D eigenvalue weighted by Gasteiger charge is 2.33. The van der Waals surface area contributed by atoms with Gasteiger partial charge in [-0.15, -0.1) is 0 Å². The average Bonchev–Trinajstić information content (AvgIpc) is 3.30. The van der Waals surface area contributed by atoms with Crippen molar-refractivity contribution in [1.29, 1.82) is 0 Å². The summed E-state index contributed by atoms with van der Waals surface area (Å²) in [7, 11) is 0. The molecule has 0 fully saturated rings. The predicted octanol–water partition coefficient (Wildman–Crippen LogP) is 10.5. The van der Waals surface area contributed by atoms with Gasteiger partial charge in [0, 0.05) is 27.8 Å². The molecule has 0 heterocycles. The molecule has 6 heteroatoms. The fourth-order valence-corrected chi connectivity index (χ4v) is 6.17. The molecule has 0 radical (unpaired) electrons. The topological polar surface area (TPSA) is 0 Å². The number of aryl methyl sites for hydroxylation is 1. The number of hydrogen-bond donors (Lipinski definition) is 0. The molecule has 0 nitrogen and oxygen atoms in total. The minimum atomic E-state index is -1.42. The third-order valence-electron chi connectivity index (χ3n) is 8.26. The molecule has 0 aromatic heterocycles. The van der Waals surface area contributed by atoms with Crippen LogP contribution in [0.1, 0.15) is 87.5 Å². The van der Waals surface area contributed by atoms with E-state index in [1.54, 1.807) is 0 Å². The van der Waals surface area contributed by atoms with E-state index in [0.29, 0.717) is 30.7 Å². The molecule has 0 N–H and O–H groups in total. The van der Waals surface area contributed by atoms with E-state index in [2.05, 4.69) is 6.92 Å². The van der Waals surface area contributed by atoms with Crippen molar-refractivity contribution in [3.63, 3.8) is 0 Å². The van der Waals surface area contributed by atoms with Crippen molar-refractivity contribution in [2.45, 2.75) is 78.1 Å². The summed E-state index contributed by atoms with van der Waals surface area (Å²) in [6.45, 7) is 3.99. The van der Waals surface area contributed by atoms with Gasteiger partial charge >= 0.3 is 0 Å². The van der Waals surface area contributed by atoms with E-state index in [4.69, 9.17) is 0 Å². The van der Waals surface area contributed by atoms with Crippen molar-refractivity contribution in [1.82, 2.24) is 0 Å². The molecule has 0 saturated carbocycles. The molecule has 0 bridgehead atoms. The van der Waals surface area contributed by atoms with Crippen LogP contribution in [0, 0.1) is 40.8 Å². The summed E-state index contributed by atoms with van der Waals surface area (Å²) in [5.74, 6) is -6.90. The molecular weight excluding hydrogens is 510 g/mol. The van der Waals surface area contributed by atoms with Crippen molar-refractivity contribution in [3.8, 4) is 22.3 Å². The molecule has 3 aromatic carbocycles. The maximum Gasteiger partial charge on any atom is 0.167 e. The van der Waals surface area contributed by atoms with E-state index >= 15 is 17.6 Å². The second-order valence-corrected chi connectivity index (χ2v) is 10.9. The summed E-state index contributed by atoms with van der Waals surface area (Å²) in [6, 6.07) is 5.40. The highest BCUT2D eigenvalue weighted by atomic mass is 19.2. The first-order valence-corrected chi connectivity index (χ1v) is 13.9. The first-order chi connectivity index (χ1) is 18.8.